The first-order valence-corrected chi connectivity index (χ1v) is 5.49. The highest BCUT2D eigenvalue weighted by atomic mass is 16.4. The molecule has 0 spiro atoms. The van der Waals surface area contributed by atoms with Crippen LogP contribution in [0.25, 0.3) is 0 Å². The van der Waals surface area contributed by atoms with Crippen molar-refractivity contribution in [2.24, 2.45) is 5.73 Å². The van der Waals surface area contributed by atoms with Crippen LogP contribution in [-0.2, 0) is 10.2 Å². The molecule has 0 heterocycles. The number of carboxylic acids is 1. The molecule has 17 heavy (non-hydrogen) atoms. The van der Waals surface area contributed by atoms with Crippen molar-refractivity contribution < 1.29 is 9.90 Å². The maximum Gasteiger partial charge on any atom is 0.319 e. The van der Waals surface area contributed by atoms with Gasteiger partial charge in [0, 0.05) is 6.04 Å². The molecule has 0 fully saturated rings. The highest BCUT2D eigenvalue weighted by Crippen LogP contribution is 2.35. The molecule has 0 radical (unpaired) electrons. The molecular formula is C14H15NO2. The van der Waals surface area contributed by atoms with Gasteiger partial charge in [-0.2, -0.15) is 0 Å². The number of carboxylic acid groups (broad SMARTS) is 1. The number of aliphatic carboxylic acids is 1. The molecular weight excluding hydrogens is 214 g/mol. The zero-order chi connectivity index (χ0) is 12.5. The van der Waals surface area contributed by atoms with Crippen LogP contribution >= 0.6 is 0 Å². The smallest absolute Gasteiger partial charge is 0.319 e. The molecule has 3 heteroatoms. The van der Waals surface area contributed by atoms with E-state index in [1.165, 1.54) is 0 Å². The fraction of sp³-hybridized carbons (Fsp3) is 0.214. The number of carbonyl (C=O) groups is 1. The number of nitrogens with two attached hydrogens (primary N) is 1. The maximum atomic E-state index is 11.7. The summed E-state index contributed by atoms with van der Waals surface area (Å²) >= 11 is 0. The summed E-state index contributed by atoms with van der Waals surface area (Å²) in [7, 11) is 0. The third-order valence-electron chi connectivity index (χ3n) is 3.30. The van der Waals surface area contributed by atoms with Crippen LogP contribution in [0.4, 0.5) is 0 Å². The molecule has 0 bridgehead atoms. The second-order valence-electron chi connectivity index (χ2n) is 4.29. The molecule has 0 aromatic heterocycles. The maximum absolute atomic E-state index is 11.7. The summed E-state index contributed by atoms with van der Waals surface area (Å²) in [5.74, 6) is -0.917. The van der Waals surface area contributed by atoms with Gasteiger partial charge in [0.05, 0.1) is 0 Å². The van der Waals surface area contributed by atoms with Crippen LogP contribution in [0.1, 0.15) is 12.5 Å². The summed E-state index contributed by atoms with van der Waals surface area (Å²) < 4.78 is 0. The lowest BCUT2D eigenvalue weighted by Crippen LogP contribution is -2.51. The average molecular weight is 229 g/mol. The lowest BCUT2D eigenvalue weighted by Gasteiger charge is -2.35. The van der Waals surface area contributed by atoms with Crippen molar-refractivity contribution in [3.05, 3.63) is 59.7 Å². The third-order valence-corrected chi connectivity index (χ3v) is 3.30. The molecule has 1 aromatic carbocycles. The van der Waals surface area contributed by atoms with E-state index in [1.807, 2.05) is 31.2 Å². The number of hydrogen-bond acceptors (Lipinski definition) is 2. The monoisotopic (exact) mass is 229 g/mol. The molecule has 2 atom stereocenters. The Morgan fingerprint density at radius 3 is 2.59 bits per heavy atom. The van der Waals surface area contributed by atoms with E-state index < -0.39 is 17.4 Å². The van der Waals surface area contributed by atoms with E-state index in [-0.39, 0.29) is 0 Å². The summed E-state index contributed by atoms with van der Waals surface area (Å²) in [6.45, 7) is 1.86. The van der Waals surface area contributed by atoms with E-state index in [0.29, 0.717) is 5.56 Å². The van der Waals surface area contributed by atoms with Crippen molar-refractivity contribution >= 4 is 5.97 Å². The first-order chi connectivity index (χ1) is 8.09. The summed E-state index contributed by atoms with van der Waals surface area (Å²) in [5.41, 5.74) is 6.52. The van der Waals surface area contributed by atoms with Gasteiger partial charge in [0.25, 0.3) is 0 Å². The normalized spacial score (nSPS) is 27.6. The van der Waals surface area contributed by atoms with Crippen LogP contribution in [-0.4, -0.2) is 17.1 Å². The second-order valence-corrected chi connectivity index (χ2v) is 4.29. The van der Waals surface area contributed by atoms with E-state index in [4.69, 9.17) is 5.73 Å². The predicted molar refractivity (Wildman–Crippen MR) is 66.6 cm³/mol. The summed E-state index contributed by atoms with van der Waals surface area (Å²) in [6.07, 6.45) is 5.29. The fourth-order valence-electron chi connectivity index (χ4n) is 2.24. The van der Waals surface area contributed by atoms with Crippen molar-refractivity contribution in [3.8, 4) is 0 Å². The average Bonchev–Trinajstić information content (AvgIpc) is 2.33. The summed E-state index contributed by atoms with van der Waals surface area (Å²) in [5, 5.41) is 9.57. The lowest BCUT2D eigenvalue weighted by atomic mass is 9.70. The van der Waals surface area contributed by atoms with E-state index in [1.54, 1.807) is 24.3 Å². The predicted octanol–water partition coefficient (Wildman–Crippen LogP) is 1.85. The molecule has 0 saturated heterocycles. The van der Waals surface area contributed by atoms with Crippen LogP contribution in [0.2, 0.25) is 0 Å². The topological polar surface area (TPSA) is 63.3 Å². The molecule has 1 aromatic rings. The fourth-order valence-corrected chi connectivity index (χ4v) is 2.24. The van der Waals surface area contributed by atoms with Crippen molar-refractivity contribution in [3.63, 3.8) is 0 Å². The highest BCUT2D eigenvalue weighted by Gasteiger charge is 2.45. The highest BCUT2D eigenvalue weighted by molar-refractivity contribution is 5.86. The molecule has 0 aliphatic heterocycles. The molecule has 2 unspecified atom stereocenters. The van der Waals surface area contributed by atoms with E-state index in [2.05, 4.69) is 0 Å². The molecule has 1 aliphatic carbocycles. The van der Waals surface area contributed by atoms with Gasteiger partial charge < -0.3 is 10.8 Å². The number of allylic oxidation sites excluding steroid dienone is 2. The number of rotatable bonds is 2. The Morgan fingerprint density at radius 2 is 2.00 bits per heavy atom. The standard InChI is InChI=1S/C14H15NO2/c1-10-6-5-9-14(12(10)15,13(16)17)11-7-3-2-4-8-11/h2-9,12H,15H2,1H3,(H,16,17). The van der Waals surface area contributed by atoms with Gasteiger partial charge in [-0.05, 0) is 12.5 Å². The van der Waals surface area contributed by atoms with Crippen molar-refractivity contribution in [1.29, 1.82) is 0 Å². The van der Waals surface area contributed by atoms with Gasteiger partial charge in [0.1, 0.15) is 5.41 Å². The van der Waals surface area contributed by atoms with Gasteiger partial charge in [-0.25, -0.2) is 0 Å². The van der Waals surface area contributed by atoms with Crippen molar-refractivity contribution in [2.45, 2.75) is 18.4 Å². The Balaban J connectivity index is 2.60. The Bertz CT molecular complexity index is 490. The second kappa shape index (κ2) is 4.18. The molecule has 0 saturated carbocycles. The molecule has 3 nitrogen and oxygen atoms in total. The van der Waals surface area contributed by atoms with Crippen LogP contribution in [0.15, 0.2) is 54.1 Å². The quantitative estimate of drug-likeness (QED) is 0.813. The largest absolute Gasteiger partial charge is 0.480 e. The minimum Gasteiger partial charge on any atom is -0.480 e. The lowest BCUT2D eigenvalue weighted by molar-refractivity contribution is -0.142. The summed E-state index contributed by atoms with van der Waals surface area (Å²) in [4.78, 5) is 11.7. The van der Waals surface area contributed by atoms with Gasteiger partial charge >= 0.3 is 5.97 Å². The Kier molecular flexibility index (Phi) is 2.86. The zero-order valence-corrected chi connectivity index (χ0v) is 9.63. The SMILES string of the molecule is CC1=CC=CC(C(=O)O)(c2ccccc2)C1N. The molecule has 1 aliphatic rings. The summed E-state index contributed by atoms with van der Waals surface area (Å²) in [6, 6.07) is 8.59. The van der Waals surface area contributed by atoms with Gasteiger partial charge in [-0.1, -0.05) is 54.1 Å². The van der Waals surface area contributed by atoms with Gasteiger partial charge in [0.2, 0.25) is 0 Å². The van der Waals surface area contributed by atoms with Crippen LogP contribution in [0.5, 0.6) is 0 Å². The molecule has 2 rings (SSSR count). The number of benzene rings is 1. The minimum atomic E-state index is -1.15. The first kappa shape index (κ1) is 11.6. The van der Waals surface area contributed by atoms with Gasteiger partial charge in [-0.15, -0.1) is 0 Å². The van der Waals surface area contributed by atoms with Crippen molar-refractivity contribution in [2.75, 3.05) is 0 Å². The molecule has 88 valence electrons. The van der Waals surface area contributed by atoms with Gasteiger partial charge in [-0.3, -0.25) is 4.79 Å². The van der Waals surface area contributed by atoms with Crippen LogP contribution in [0.3, 0.4) is 0 Å². The minimum absolute atomic E-state index is 0.535. The Labute approximate surface area is 100 Å². The van der Waals surface area contributed by atoms with E-state index >= 15 is 0 Å². The first-order valence-electron chi connectivity index (χ1n) is 5.49. The molecule has 3 N–H and O–H groups in total. The Hall–Kier alpha value is -1.87. The van der Waals surface area contributed by atoms with Crippen LogP contribution in [0, 0.1) is 0 Å². The van der Waals surface area contributed by atoms with Crippen LogP contribution < -0.4 is 5.73 Å². The van der Waals surface area contributed by atoms with Gasteiger partial charge in [0.15, 0.2) is 0 Å². The number of hydrogen-bond donors (Lipinski definition) is 2. The zero-order valence-electron chi connectivity index (χ0n) is 9.63. The van der Waals surface area contributed by atoms with E-state index in [9.17, 15) is 9.90 Å². The Morgan fingerprint density at radius 1 is 1.35 bits per heavy atom. The molecule has 0 amide bonds. The third kappa shape index (κ3) is 1.68. The van der Waals surface area contributed by atoms with E-state index in [0.717, 1.165) is 5.57 Å². The van der Waals surface area contributed by atoms with Crippen molar-refractivity contribution in [1.82, 2.24) is 0 Å².